The topological polar surface area (TPSA) is 29.5 Å². The Labute approximate surface area is 128 Å². The Morgan fingerprint density at radius 2 is 2.21 bits per heavy atom. The van der Waals surface area contributed by atoms with Gasteiger partial charge in [0.05, 0.1) is 0 Å². The quantitative estimate of drug-likeness (QED) is 0.703. The van der Waals surface area contributed by atoms with E-state index < -0.39 is 0 Å². The summed E-state index contributed by atoms with van der Waals surface area (Å²) in [5, 5.41) is 1.49. The van der Waals surface area contributed by atoms with Crippen molar-refractivity contribution in [1.82, 2.24) is 4.90 Å². The van der Waals surface area contributed by atoms with Crippen LogP contribution in [0.15, 0.2) is 24.3 Å². The van der Waals surface area contributed by atoms with Gasteiger partial charge in [-0.05, 0) is 38.5 Å². The van der Waals surface area contributed by atoms with Crippen LogP contribution in [0.25, 0.3) is 0 Å². The Bertz CT molecular complexity index is 412. The molecule has 3 nitrogen and oxygen atoms in total. The van der Waals surface area contributed by atoms with Crippen molar-refractivity contribution in [1.29, 1.82) is 0 Å². The van der Waals surface area contributed by atoms with Crippen molar-refractivity contribution in [2.75, 3.05) is 18.5 Å². The molecule has 0 fully saturated rings. The SMILES string of the molecule is CC(C)N(CCCBr)C(=O)COc1cccc(Cl)c1. The summed E-state index contributed by atoms with van der Waals surface area (Å²) in [6, 6.07) is 7.24. The van der Waals surface area contributed by atoms with E-state index in [4.69, 9.17) is 16.3 Å². The van der Waals surface area contributed by atoms with Crippen LogP contribution >= 0.6 is 27.5 Å². The summed E-state index contributed by atoms with van der Waals surface area (Å²) in [4.78, 5) is 13.9. The molecule has 0 radical (unpaired) electrons. The van der Waals surface area contributed by atoms with E-state index in [0.717, 1.165) is 18.3 Å². The number of carbonyl (C=O) groups excluding carboxylic acids is 1. The van der Waals surface area contributed by atoms with E-state index in [1.165, 1.54) is 0 Å². The van der Waals surface area contributed by atoms with Gasteiger partial charge < -0.3 is 9.64 Å². The molecule has 0 unspecified atom stereocenters. The number of hydrogen-bond acceptors (Lipinski definition) is 2. The van der Waals surface area contributed by atoms with Gasteiger partial charge in [-0.15, -0.1) is 0 Å². The van der Waals surface area contributed by atoms with Crippen LogP contribution in [0.1, 0.15) is 20.3 Å². The molecule has 0 atom stereocenters. The minimum absolute atomic E-state index is 0.00377. The molecule has 0 saturated heterocycles. The zero-order valence-corrected chi connectivity index (χ0v) is 13.6. The third kappa shape index (κ3) is 5.83. The van der Waals surface area contributed by atoms with Gasteiger partial charge in [-0.25, -0.2) is 0 Å². The summed E-state index contributed by atoms with van der Waals surface area (Å²) < 4.78 is 5.47. The van der Waals surface area contributed by atoms with E-state index in [1.54, 1.807) is 24.3 Å². The maximum Gasteiger partial charge on any atom is 0.260 e. The van der Waals surface area contributed by atoms with Crippen molar-refractivity contribution in [3.05, 3.63) is 29.3 Å². The van der Waals surface area contributed by atoms with Crippen molar-refractivity contribution >= 4 is 33.4 Å². The molecule has 0 spiro atoms. The van der Waals surface area contributed by atoms with Gasteiger partial charge in [-0.2, -0.15) is 0 Å². The van der Waals surface area contributed by atoms with Gasteiger partial charge in [0.15, 0.2) is 6.61 Å². The Balaban J connectivity index is 2.52. The summed E-state index contributed by atoms with van der Waals surface area (Å²) in [6.07, 6.45) is 0.932. The zero-order valence-electron chi connectivity index (χ0n) is 11.2. The number of rotatable bonds is 7. The standard InChI is InChI=1S/C14H19BrClNO2/c1-11(2)17(8-4-7-15)14(18)10-19-13-6-3-5-12(16)9-13/h3,5-6,9,11H,4,7-8,10H2,1-2H3. The number of hydrogen-bond donors (Lipinski definition) is 0. The minimum atomic E-state index is -0.00377. The molecule has 0 heterocycles. The lowest BCUT2D eigenvalue weighted by atomic mass is 10.3. The molecule has 1 aromatic carbocycles. The fourth-order valence-corrected chi connectivity index (χ4v) is 2.12. The average molecular weight is 349 g/mol. The van der Waals surface area contributed by atoms with Gasteiger partial charge in [0, 0.05) is 22.9 Å². The molecule has 0 saturated carbocycles. The van der Waals surface area contributed by atoms with Gasteiger partial charge >= 0.3 is 0 Å². The first-order valence-corrected chi connectivity index (χ1v) is 7.78. The second-order valence-electron chi connectivity index (χ2n) is 4.47. The van der Waals surface area contributed by atoms with E-state index >= 15 is 0 Å². The summed E-state index contributed by atoms with van der Waals surface area (Å²) in [5.74, 6) is 0.612. The molecule has 0 aliphatic rings. The number of halogens is 2. The first kappa shape index (κ1) is 16.3. The number of benzene rings is 1. The largest absolute Gasteiger partial charge is 0.484 e. The molecule has 19 heavy (non-hydrogen) atoms. The van der Waals surface area contributed by atoms with E-state index in [2.05, 4.69) is 15.9 Å². The smallest absolute Gasteiger partial charge is 0.260 e. The molecule has 5 heteroatoms. The molecular formula is C14H19BrClNO2. The molecule has 1 rings (SSSR count). The number of carbonyl (C=O) groups is 1. The highest BCUT2D eigenvalue weighted by atomic mass is 79.9. The number of nitrogens with zero attached hydrogens (tertiary/aromatic N) is 1. The summed E-state index contributed by atoms with van der Waals surface area (Å²) in [7, 11) is 0. The zero-order chi connectivity index (χ0) is 14.3. The van der Waals surface area contributed by atoms with Crippen LogP contribution < -0.4 is 4.74 Å². The predicted octanol–water partition coefficient (Wildman–Crippen LogP) is 3.74. The number of ether oxygens (including phenoxy) is 1. The Hall–Kier alpha value is -0.740. The van der Waals surface area contributed by atoms with E-state index in [-0.39, 0.29) is 18.6 Å². The fraction of sp³-hybridized carbons (Fsp3) is 0.500. The van der Waals surface area contributed by atoms with E-state index in [0.29, 0.717) is 10.8 Å². The predicted molar refractivity (Wildman–Crippen MR) is 82.2 cm³/mol. The van der Waals surface area contributed by atoms with E-state index in [1.807, 2.05) is 18.7 Å². The van der Waals surface area contributed by atoms with Gasteiger partial charge in [0.25, 0.3) is 5.91 Å². The molecule has 0 aliphatic carbocycles. The molecule has 0 bridgehead atoms. The lowest BCUT2D eigenvalue weighted by Gasteiger charge is -2.26. The van der Waals surface area contributed by atoms with Crippen molar-refractivity contribution in [2.45, 2.75) is 26.3 Å². The lowest BCUT2D eigenvalue weighted by molar-refractivity contribution is -0.135. The van der Waals surface area contributed by atoms with Crippen LogP contribution in [-0.2, 0) is 4.79 Å². The molecule has 0 aromatic heterocycles. The maximum absolute atomic E-state index is 12.1. The monoisotopic (exact) mass is 347 g/mol. The van der Waals surface area contributed by atoms with E-state index in [9.17, 15) is 4.79 Å². The normalized spacial score (nSPS) is 10.6. The fourth-order valence-electron chi connectivity index (χ4n) is 1.69. The maximum atomic E-state index is 12.1. The van der Waals surface area contributed by atoms with Crippen LogP contribution in [0.3, 0.4) is 0 Å². The first-order valence-electron chi connectivity index (χ1n) is 6.28. The molecule has 1 amide bonds. The Morgan fingerprint density at radius 1 is 1.47 bits per heavy atom. The highest BCUT2D eigenvalue weighted by Crippen LogP contribution is 2.17. The molecule has 106 valence electrons. The summed E-state index contributed by atoms with van der Waals surface area (Å²) >= 11 is 9.24. The summed E-state index contributed by atoms with van der Waals surface area (Å²) in [5.41, 5.74) is 0. The van der Waals surface area contributed by atoms with Gasteiger partial charge in [0.2, 0.25) is 0 Å². The highest BCUT2D eigenvalue weighted by molar-refractivity contribution is 9.09. The highest BCUT2D eigenvalue weighted by Gasteiger charge is 2.16. The van der Waals surface area contributed by atoms with Crippen molar-refractivity contribution in [2.24, 2.45) is 0 Å². The van der Waals surface area contributed by atoms with Crippen LogP contribution in [-0.4, -0.2) is 35.3 Å². The molecule has 1 aromatic rings. The number of alkyl halides is 1. The first-order chi connectivity index (χ1) is 9.04. The van der Waals surface area contributed by atoms with Crippen molar-refractivity contribution in [3.63, 3.8) is 0 Å². The van der Waals surface area contributed by atoms with Crippen LogP contribution in [0.4, 0.5) is 0 Å². The Kier molecular flexibility index (Phi) is 7.24. The molecule has 0 N–H and O–H groups in total. The lowest BCUT2D eigenvalue weighted by Crippen LogP contribution is -2.40. The second-order valence-corrected chi connectivity index (χ2v) is 5.70. The third-order valence-corrected chi connectivity index (χ3v) is 3.43. The van der Waals surface area contributed by atoms with Gasteiger partial charge in [-0.3, -0.25) is 4.79 Å². The average Bonchev–Trinajstić information content (AvgIpc) is 2.36. The molecule has 0 aliphatic heterocycles. The number of amides is 1. The molecular weight excluding hydrogens is 330 g/mol. The third-order valence-electron chi connectivity index (χ3n) is 2.63. The van der Waals surface area contributed by atoms with Gasteiger partial charge in [-0.1, -0.05) is 33.6 Å². The minimum Gasteiger partial charge on any atom is -0.484 e. The van der Waals surface area contributed by atoms with Gasteiger partial charge in [0.1, 0.15) is 5.75 Å². The van der Waals surface area contributed by atoms with Crippen LogP contribution in [0.2, 0.25) is 5.02 Å². The van der Waals surface area contributed by atoms with Crippen LogP contribution in [0, 0.1) is 0 Å². The Morgan fingerprint density at radius 3 is 2.79 bits per heavy atom. The van der Waals surface area contributed by atoms with Crippen molar-refractivity contribution < 1.29 is 9.53 Å². The van der Waals surface area contributed by atoms with Crippen LogP contribution in [0.5, 0.6) is 5.75 Å². The van der Waals surface area contributed by atoms with Crippen molar-refractivity contribution in [3.8, 4) is 5.75 Å². The summed E-state index contributed by atoms with van der Waals surface area (Å²) in [6.45, 7) is 4.79. The second kappa shape index (κ2) is 8.43.